The fraction of sp³-hybridized carbons (Fsp3) is 0.700. The van der Waals surface area contributed by atoms with E-state index in [2.05, 4.69) is 14.5 Å². The number of nitrogens with two attached hydrogens (primary N) is 1. The second-order valence-electron chi connectivity index (χ2n) is 4.57. The molecule has 0 radical (unpaired) electrons. The lowest BCUT2D eigenvalue weighted by atomic mass is 9.81. The van der Waals surface area contributed by atoms with Crippen molar-refractivity contribution in [3.8, 4) is 0 Å². The second kappa shape index (κ2) is 2.81. The summed E-state index contributed by atoms with van der Waals surface area (Å²) < 4.78 is 2.08. The van der Waals surface area contributed by atoms with Gasteiger partial charge in [-0.05, 0) is 12.3 Å². The van der Waals surface area contributed by atoms with E-state index in [1.54, 1.807) is 0 Å². The SMILES string of the molecule is Cn1cncc1CN1CC2CC1C2N. The Morgan fingerprint density at radius 1 is 1.64 bits per heavy atom. The zero-order valence-corrected chi connectivity index (χ0v) is 8.43. The Morgan fingerprint density at radius 2 is 2.50 bits per heavy atom. The lowest BCUT2D eigenvalue weighted by Crippen LogP contribution is -2.49. The van der Waals surface area contributed by atoms with E-state index in [9.17, 15) is 0 Å². The van der Waals surface area contributed by atoms with Crippen LogP contribution in [0.5, 0.6) is 0 Å². The standard InChI is InChI=1S/C10H16N4/c1-13-6-12-3-8(13)5-14-4-7-2-9(14)10(7)11/h3,6-7,9-10H,2,4-5,11H2,1H3. The van der Waals surface area contributed by atoms with Crippen LogP contribution < -0.4 is 5.73 Å². The molecule has 0 aromatic carbocycles. The van der Waals surface area contributed by atoms with E-state index in [1.165, 1.54) is 18.7 Å². The van der Waals surface area contributed by atoms with Gasteiger partial charge < -0.3 is 10.3 Å². The van der Waals surface area contributed by atoms with E-state index >= 15 is 0 Å². The van der Waals surface area contributed by atoms with Gasteiger partial charge in [-0.15, -0.1) is 0 Å². The molecule has 2 N–H and O–H groups in total. The number of rotatable bonds is 2. The molecular weight excluding hydrogens is 176 g/mol. The van der Waals surface area contributed by atoms with E-state index in [4.69, 9.17) is 5.73 Å². The zero-order chi connectivity index (χ0) is 9.71. The Morgan fingerprint density at radius 3 is 3.00 bits per heavy atom. The average Bonchev–Trinajstić information content (AvgIpc) is 2.81. The van der Waals surface area contributed by atoms with Gasteiger partial charge in [0, 0.05) is 38.4 Å². The van der Waals surface area contributed by atoms with Crippen LogP contribution in [0.15, 0.2) is 12.5 Å². The van der Waals surface area contributed by atoms with Gasteiger partial charge in [-0.1, -0.05) is 0 Å². The molecule has 0 spiro atoms. The third-order valence-electron chi connectivity index (χ3n) is 3.75. The minimum atomic E-state index is 0.434. The molecule has 4 heteroatoms. The first-order valence-electron chi connectivity index (χ1n) is 5.20. The van der Waals surface area contributed by atoms with E-state index in [0.29, 0.717) is 12.1 Å². The maximum Gasteiger partial charge on any atom is 0.0945 e. The van der Waals surface area contributed by atoms with Crippen LogP contribution in [0.2, 0.25) is 0 Å². The van der Waals surface area contributed by atoms with Crippen LogP contribution in [0.4, 0.5) is 0 Å². The van der Waals surface area contributed by atoms with Crippen molar-refractivity contribution in [2.45, 2.75) is 25.0 Å². The third-order valence-corrected chi connectivity index (χ3v) is 3.75. The highest BCUT2D eigenvalue weighted by Gasteiger charge is 2.49. The van der Waals surface area contributed by atoms with Crippen LogP contribution in [-0.2, 0) is 13.6 Å². The fourth-order valence-electron chi connectivity index (χ4n) is 2.69. The minimum absolute atomic E-state index is 0.434. The topological polar surface area (TPSA) is 47.1 Å². The number of aryl methyl sites for hydroxylation is 1. The molecule has 1 aromatic rings. The first-order valence-corrected chi connectivity index (χ1v) is 5.20. The molecule has 4 nitrogen and oxygen atoms in total. The number of hydrogen-bond acceptors (Lipinski definition) is 3. The molecule has 2 saturated heterocycles. The normalized spacial score (nSPS) is 36.0. The molecule has 1 aliphatic carbocycles. The molecule has 3 unspecified atom stereocenters. The smallest absolute Gasteiger partial charge is 0.0945 e. The molecule has 1 saturated carbocycles. The van der Waals surface area contributed by atoms with Crippen molar-refractivity contribution < 1.29 is 0 Å². The molecule has 1 aromatic heterocycles. The lowest BCUT2D eigenvalue weighted by Gasteiger charge is -2.33. The third kappa shape index (κ3) is 1.04. The van der Waals surface area contributed by atoms with Gasteiger partial charge >= 0.3 is 0 Å². The predicted octanol–water partition coefficient (Wildman–Crippen LogP) is -0.0485. The summed E-state index contributed by atoms with van der Waals surface area (Å²) in [5, 5.41) is 0. The predicted molar refractivity (Wildman–Crippen MR) is 53.5 cm³/mol. The maximum atomic E-state index is 6.02. The summed E-state index contributed by atoms with van der Waals surface area (Å²) in [4.78, 5) is 6.62. The summed E-state index contributed by atoms with van der Waals surface area (Å²) in [7, 11) is 2.04. The number of fused-ring (bicyclic) bond motifs is 1. The van der Waals surface area contributed by atoms with E-state index in [0.717, 1.165) is 12.5 Å². The molecule has 2 aliphatic heterocycles. The van der Waals surface area contributed by atoms with Gasteiger partial charge in [0.1, 0.15) is 0 Å². The molecule has 2 bridgehead atoms. The summed E-state index contributed by atoms with van der Waals surface area (Å²) in [6.45, 7) is 2.18. The monoisotopic (exact) mass is 192 g/mol. The summed E-state index contributed by atoms with van der Waals surface area (Å²) in [6.07, 6.45) is 5.11. The summed E-state index contributed by atoms with van der Waals surface area (Å²) >= 11 is 0. The second-order valence-corrected chi connectivity index (χ2v) is 4.57. The van der Waals surface area contributed by atoms with Crippen molar-refractivity contribution in [3.63, 3.8) is 0 Å². The fourth-order valence-corrected chi connectivity index (χ4v) is 2.69. The van der Waals surface area contributed by atoms with Crippen LogP contribution in [0.3, 0.4) is 0 Å². The minimum Gasteiger partial charge on any atom is -0.337 e. The van der Waals surface area contributed by atoms with Crippen molar-refractivity contribution in [3.05, 3.63) is 18.2 Å². The van der Waals surface area contributed by atoms with Crippen molar-refractivity contribution in [2.24, 2.45) is 18.7 Å². The highest BCUT2D eigenvalue weighted by atomic mass is 15.3. The van der Waals surface area contributed by atoms with E-state index < -0.39 is 0 Å². The quantitative estimate of drug-likeness (QED) is 0.714. The van der Waals surface area contributed by atoms with E-state index in [-0.39, 0.29) is 0 Å². The molecule has 3 aliphatic rings. The highest BCUT2D eigenvalue weighted by molar-refractivity contribution is 5.09. The van der Waals surface area contributed by atoms with Gasteiger partial charge in [-0.2, -0.15) is 0 Å². The van der Waals surface area contributed by atoms with Crippen molar-refractivity contribution in [2.75, 3.05) is 6.54 Å². The first kappa shape index (κ1) is 8.44. The van der Waals surface area contributed by atoms with Crippen LogP contribution in [-0.4, -0.2) is 33.1 Å². The lowest BCUT2D eigenvalue weighted by molar-refractivity contribution is 0.205. The Balaban J connectivity index is 1.72. The Kier molecular flexibility index (Phi) is 1.69. The highest BCUT2D eigenvalue weighted by Crippen LogP contribution is 2.40. The number of hydrogen-bond donors (Lipinski definition) is 1. The van der Waals surface area contributed by atoms with Crippen molar-refractivity contribution in [1.82, 2.24) is 14.5 Å². The summed E-state index contributed by atoms with van der Waals surface area (Å²) in [5.41, 5.74) is 7.30. The zero-order valence-electron chi connectivity index (χ0n) is 8.43. The van der Waals surface area contributed by atoms with Gasteiger partial charge in [0.05, 0.1) is 12.0 Å². The molecule has 3 heterocycles. The van der Waals surface area contributed by atoms with Crippen LogP contribution >= 0.6 is 0 Å². The van der Waals surface area contributed by atoms with Gasteiger partial charge in [-0.3, -0.25) is 4.90 Å². The average molecular weight is 192 g/mol. The first-order chi connectivity index (χ1) is 6.75. The molecule has 4 rings (SSSR count). The summed E-state index contributed by atoms with van der Waals surface area (Å²) in [6, 6.07) is 1.07. The van der Waals surface area contributed by atoms with Crippen molar-refractivity contribution in [1.29, 1.82) is 0 Å². The number of aromatic nitrogens is 2. The molecule has 3 atom stereocenters. The molecular formula is C10H16N4. The van der Waals surface area contributed by atoms with E-state index in [1.807, 2.05) is 19.6 Å². The Bertz CT molecular complexity index is 346. The van der Waals surface area contributed by atoms with Gasteiger partial charge in [0.2, 0.25) is 0 Å². The molecule has 3 fully saturated rings. The molecule has 0 amide bonds. The number of imidazole rings is 1. The number of nitrogens with zero attached hydrogens (tertiary/aromatic N) is 3. The molecule has 14 heavy (non-hydrogen) atoms. The van der Waals surface area contributed by atoms with Gasteiger partial charge in [0.25, 0.3) is 0 Å². The van der Waals surface area contributed by atoms with Crippen molar-refractivity contribution >= 4 is 0 Å². The van der Waals surface area contributed by atoms with Gasteiger partial charge in [-0.25, -0.2) is 4.98 Å². The van der Waals surface area contributed by atoms with Crippen LogP contribution in [0.1, 0.15) is 12.1 Å². The largest absolute Gasteiger partial charge is 0.337 e. The van der Waals surface area contributed by atoms with Crippen LogP contribution in [0.25, 0.3) is 0 Å². The maximum absolute atomic E-state index is 6.02. The van der Waals surface area contributed by atoms with Crippen LogP contribution in [0, 0.1) is 5.92 Å². The Hall–Kier alpha value is -0.870. The Labute approximate surface area is 83.7 Å². The molecule has 76 valence electrons. The van der Waals surface area contributed by atoms with Gasteiger partial charge in [0.15, 0.2) is 0 Å². The summed E-state index contributed by atoms with van der Waals surface area (Å²) in [5.74, 6) is 0.758.